The molecule has 35 heavy (non-hydrogen) atoms. The molecular weight excluding hydrogens is 434 g/mol. The van der Waals surface area contributed by atoms with Crippen LogP contribution in [0.15, 0.2) is 72.8 Å². The lowest BCUT2D eigenvalue weighted by atomic mass is 9.84. The summed E-state index contributed by atoms with van der Waals surface area (Å²) in [6, 6.07) is 22.4. The fourth-order valence-corrected chi connectivity index (χ4v) is 4.06. The first-order chi connectivity index (χ1) is 16.5. The van der Waals surface area contributed by atoms with Crippen LogP contribution in [0.2, 0.25) is 0 Å². The maximum Gasteiger partial charge on any atom is 0.249 e. The van der Waals surface area contributed by atoms with Crippen LogP contribution in [0, 0.1) is 0 Å². The van der Waals surface area contributed by atoms with E-state index < -0.39 is 0 Å². The number of carbonyl (C=O) groups excluding carboxylic acids is 1. The monoisotopic (exact) mass is 469 g/mol. The summed E-state index contributed by atoms with van der Waals surface area (Å²) in [6.45, 7) is 14.2. The molecule has 1 N–H and O–H groups in total. The molecule has 0 spiro atoms. The van der Waals surface area contributed by atoms with Crippen LogP contribution in [0.3, 0.4) is 0 Å². The lowest BCUT2D eigenvalue weighted by Gasteiger charge is -2.21. The Morgan fingerprint density at radius 3 is 1.69 bits per heavy atom. The van der Waals surface area contributed by atoms with Crippen molar-refractivity contribution in [2.75, 3.05) is 18.5 Å². The molecule has 1 heterocycles. The second kappa shape index (κ2) is 9.61. The second-order valence-electron chi connectivity index (χ2n) is 11.1. The molecule has 0 radical (unpaired) electrons. The smallest absolute Gasteiger partial charge is 0.249 e. The van der Waals surface area contributed by atoms with Gasteiger partial charge in [0.2, 0.25) is 5.91 Å². The molecule has 0 bridgehead atoms. The molecule has 0 saturated carbocycles. The van der Waals surface area contributed by atoms with E-state index in [4.69, 9.17) is 9.47 Å². The Morgan fingerprint density at radius 1 is 0.714 bits per heavy atom. The van der Waals surface area contributed by atoms with Gasteiger partial charge in [0.1, 0.15) is 13.2 Å². The zero-order chi connectivity index (χ0) is 25.2. The van der Waals surface area contributed by atoms with Crippen molar-refractivity contribution >= 4 is 17.2 Å². The van der Waals surface area contributed by atoms with Gasteiger partial charge in [0.25, 0.3) is 0 Å². The fourth-order valence-electron chi connectivity index (χ4n) is 4.06. The zero-order valence-corrected chi connectivity index (χ0v) is 21.6. The number of anilines is 1. The molecule has 0 unspecified atom stereocenters. The molecule has 4 rings (SSSR count). The van der Waals surface area contributed by atoms with Gasteiger partial charge in [-0.15, -0.1) is 0 Å². The number of carbonyl (C=O) groups is 1. The summed E-state index contributed by atoms with van der Waals surface area (Å²) in [4.78, 5) is 13.1. The largest absolute Gasteiger partial charge is 0.486 e. The van der Waals surface area contributed by atoms with Gasteiger partial charge >= 0.3 is 0 Å². The number of fused-ring (bicyclic) bond motifs is 1. The topological polar surface area (TPSA) is 47.6 Å². The van der Waals surface area contributed by atoms with Crippen LogP contribution in [0.25, 0.3) is 5.57 Å². The predicted molar refractivity (Wildman–Crippen MR) is 143 cm³/mol. The van der Waals surface area contributed by atoms with E-state index in [0.717, 1.165) is 16.7 Å². The normalized spacial score (nSPS) is 13.2. The van der Waals surface area contributed by atoms with E-state index in [1.807, 2.05) is 12.1 Å². The number of hydrogen-bond donors (Lipinski definition) is 1. The molecule has 1 aliphatic rings. The molecule has 4 heteroatoms. The van der Waals surface area contributed by atoms with Gasteiger partial charge in [-0.25, -0.2) is 0 Å². The molecule has 0 atom stereocenters. The molecule has 182 valence electrons. The highest BCUT2D eigenvalue weighted by molar-refractivity contribution is 6.06. The first kappa shape index (κ1) is 24.6. The molecule has 0 saturated heterocycles. The van der Waals surface area contributed by atoms with E-state index in [9.17, 15) is 4.79 Å². The third-order valence-electron chi connectivity index (χ3n) is 6.21. The third-order valence-corrected chi connectivity index (χ3v) is 6.21. The Balaban J connectivity index is 1.67. The van der Waals surface area contributed by atoms with Crippen LogP contribution < -0.4 is 14.8 Å². The van der Waals surface area contributed by atoms with Crippen LogP contribution in [0.4, 0.5) is 5.69 Å². The number of rotatable bonds is 4. The summed E-state index contributed by atoms with van der Waals surface area (Å²) in [5.41, 5.74) is 6.17. The van der Waals surface area contributed by atoms with Gasteiger partial charge in [-0.1, -0.05) is 90.1 Å². The summed E-state index contributed by atoms with van der Waals surface area (Å²) in [6.07, 6.45) is 1.68. The van der Waals surface area contributed by atoms with Gasteiger partial charge in [0.05, 0.1) is 0 Å². The number of nitrogens with one attached hydrogen (secondary N) is 1. The molecular formula is C31H35NO3. The highest BCUT2D eigenvalue weighted by Gasteiger charge is 2.17. The Bertz CT molecular complexity index is 1160. The predicted octanol–water partition coefficient (Wildman–Crippen LogP) is 7.12. The fraction of sp³-hybridized carbons (Fsp3) is 0.323. The highest BCUT2D eigenvalue weighted by Crippen LogP contribution is 2.33. The Kier molecular flexibility index (Phi) is 6.75. The van der Waals surface area contributed by atoms with Gasteiger partial charge in [-0.05, 0) is 50.8 Å². The number of amides is 1. The van der Waals surface area contributed by atoms with E-state index in [1.165, 1.54) is 11.1 Å². The van der Waals surface area contributed by atoms with Gasteiger partial charge in [-0.2, -0.15) is 0 Å². The molecule has 3 aromatic carbocycles. The van der Waals surface area contributed by atoms with Gasteiger partial charge < -0.3 is 14.8 Å². The lowest BCUT2D eigenvalue weighted by Crippen LogP contribution is -2.16. The number of benzene rings is 3. The van der Waals surface area contributed by atoms with Crippen molar-refractivity contribution in [1.82, 2.24) is 0 Å². The Labute approximate surface area is 209 Å². The first-order valence-corrected chi connectivity index (χ1v) is 12.1. The minimum atomic E-state index is -0.198. The number of hydrogen-bond acceptors (Lipinski definition) is 3. The SMILES string of the molecule is CC(C)(C)c1ccc(C(=CC(=O)Nc2ccc3c(c2)OCCO3)c2ccc(C(C)(C)C)cc2)cc1. The molecule has 0 fully saturated rings. The highest BCUT2D eigenvalue weighted by atomic mass is 16.6. The van der Waals surface area contributed by atoms with Crippen LogP contribution in [0.1, 0.15) is 63.8 Å². The summed E-state index contributed by atoms with van der Waals surface area (Å²) in [7, 11) is 0. The third kappa shape index (κ3) is 5.94. The standard InChI is InChI=1S/C31H35NO3/c1-30(2,3)23-11-7-21(8-12-23)26(22-9-13-24(14-10-22)31(4,5)6)20-29(33)32-25-15-16-27-28(19-25)35-18-17-34-27/h7-16,19-20H,17-18H2,1-6H3,(H,32,33). The minimum Gasteiger partial charge on any atom is -0.486 e. The average Bonchev–Trinajstić information content (AvgIpc) is 2.81. The molecule has 1 amide bonds. The average molecular weight is 470 g/mol. The summed E-state index contributed by atoms with van der Waals surface area (Å²) in [5, 5.41) is 2.98. The van der Waals surface area contributed by atoms with Crippen molar-refractivity contribution in [1.29, 1.82) is 0 Å². The van der Waals surface area contributed by atoms with E-state index in [2.05, 4.69) is 95.4 Å². The van der Waals surface area contributed by atoms with Gasteiger partial charge in [0, 0.05) is 17.8 Å². The summed E-state index contributed by atoms with van der Waals surface area (Å²) < 4.78 is 11.2. The lowest BCUT2D eigenvalue weighted by molar-refractivity contribution is -0.111. The van der Waals surface area contributed by atoms with Crippen LogP contribution in [0.5, 0.6) is 11.5 Å². The van der Waals surface area contributed by atoms with Crippen molar-refractivity contribution in [3.05, 3.63) is 95.1 Å². The Morgan fingerprint density at radius 2 is 1.20 bits per heavy atom. The van der Waals surface area contributed by atoms with Crippen LogP contribution in [-0.4, -0.2) is 19.1 Å². The van der Waals surface area contributed by atoms with Crippen molar-refractivity contribution < 1.29 is 14.3 Å². The van der Waals surface area contributed by atoms with E-state index in [-0.39, 0.29) is 16.7 Å². The van der Waals surface area contributed by atoms with Crippen molar-refractivity contribution in [2.45, 2.75) is 52.4 Å². The maximum absolute atomic E-state index is 13.1. The first-order valence-electron chi connectivity index (χ1n) is 12.1. The van der Waals surface area contributed by atoms with Crippen LogP contribution >= 0.6 is 0 Å². The molecule has 1 aliphatic heterocycles. The molecule has 4 nitrogen and oxygen atoms in total. The van der Waals surface area contributed by atoms with E-state index >= 15 is 0 Å². The van der Waals surface area contributed by atoms with Crippen molar-refractivity contribution in [3.8, 4) is 11.5 Å². The van der Waals surface area contributed by atoms with Gasteiger partial charge in [-0.3, -0.25) is 4.79 Å². The zero-order valence-electron chi connectivity index (χ0n) is 21.6. The van der Waals surface area contributed by atoms with Crippen molar-refractivity contribution in [2.24, 2.45) is 0 Å². The number of ether oxygens (including phenoxy) is 2. The minimum absolute atomic E-state index is 0.0619. The molecule has 3 aromatic rings. The quantitative estimate of drug-likeness (QED) is 0.414. The van der Waals surface area contributed by atoms with Crippen LogP contribution in [-0.2, 0) is 15.6 Å². The Hall–Kier alpha value is -3.53. The molecule has 0 aliphatic carbocycles. The molecule has 0 aromatic heterocycles. The van der Waals surface area contributed by atoms with E-state index in [1.54, 1.807) is 12.1 Å². The summed E-state index contributed by atoms with van der Waals surface area (Å²) in [5.74, 6) is 1.15. The summed E-state index contributed by atoms with van der Waals surface area (Å²) >= 11 is 0. The van der Waals surface area contributed by atoms with E-state index in [0.29, 0.717) is 30.4 Å². The van der Waals surface area contributed by atoms with Gasteiger partial charge in [0.15, 0.2) is 11.5 Å². The van der Waals surface area contributed by atoms with Crippen molar-refractivity contribution in [3.63, 3.8) is 0 Å². The maximum atomic E-state index is 13.1. The second-order valence-corrected chi connectivity index (χ2v) is 11.1.